The number of aliphatic hydroxyl groups excluding tert-OH is 1. The lowest BCUT2D eigenvalue weighted by Crippen LogP contribution is -2.19. The Bertz CT molecular complexity index is 589. The second-order valence-corrected chi connectivity index (χ2v) is 5.74. The maximum atomic E-state index is 13.2. The first-order chi connectivity index (χ1) is 8.63. The molecule has 3 rings (SSSR count). The predicted octanol–water partition coefficient (Wildman–Crippen LogP) is 3.49. The van der Waals surface area contributed by atoms with Crippen molar-refractivity contribution >= 4 is 22.9 Å². The first-order valence-corrected chi connectivity index (χ1v) is 6.58. The molecule has 1 aliphatic heterocycles. The number of benzene rings is 1. The Labute approximate surface area is 112 Å². The summed E-state index contributed by atoms with van der Waals surface area (Å²) >= 11 is 7.12. The molecule has 0 saturated heterocycles. The van der Waals surface area contributed by atoms with E-state index in [2.05, 4.69) is 4.98 Å². The molecule has 2 aromatic rings. The summed E-state index contributed by atoms with van der Waals surface area (Å²) in [5.74, 6) is -0.0242. The minimum atomic E-state index is -0.679. The highest BCUT2D eigenvalue weighted by molar-refractivity contribution is 7.15. The highest BCUT2D eigenvalue weighted by Crippen LogP contribution is 2.42. The van der Waals surface area contributed by atoms with Crippen molar-refractivity contribution in [2.45, 2.75) is 18.6 Å². The molecule has 94 valence electrons. The Hall–Kier alpha value is -1.17. The van der Waals surface area contributed by atoms with Crippen molar-refractivity contribution in [1.29, 1.82) is 0 Å². The fourth-order valence-corrected chi connectivity index (χ4v) is 2.96. The Morgan fingerprint density at radius 1 is 1.50 bits per heavy atom. The SMILES string of the molecule is O[C@H]1CC(c2ncc(Cl)s2)Oc2cc(F)ccc21. The molecule has 1 aromatic heterocycles. The first-order valence-electron chi connectivity index (χ1n) is 5.39. The van der Waals surface area contributed by atoms with Crippen LogP contribution in [0.2, 0.25) is 4.34 Å². The standard InChI is InChI=1S/C12H9ClFNO2S/c13-11-5-15-12(18-11)10-4-8(16)7-2-1-6(14)3-9(7)17-10/h1-3,5,8,10,16H,4H2/t8-,10?/m0/s1. The Balaban J connectivity index is 1.95. The van der Waals surface area contributed by atoms with Crippen molar-refractivity contribution in [1.82, 2.24) is 4.98 Å². The molecule has 1 N–H and O–H groups in total. The van der Waals surface area contributed by atoms with Crippen LogP contribution in [0.15, 0.2) is 24.4 Å². The van der Waals surface area contributed by atoms with Crippen LogP contribution in [0.4, 0.5) is 4.39 Å². The van der Waals surface area contributed by atoms with Crippen LogP contribution in [-0.2, 0) is 0 Å². The van der Waals surface area contributed by atoms with Gasteiger partial charge in [-0.1, -0.05) is 11.6 Å². The highest BCUT2D eigenvalue weighted by atomic mass is 35.5. The molecule has 0 amide bonds. The molecule has 0 spiro atoms. The van der Waals surface area contributed by atoms with E-state index in [1.165, 1.54) is 23.5 Å². The zero-order valence-electron chi connectivity index (χ0n) is 9.14. The molecule has 6 heteroatoms. The molecule has 3 nitrogen and oxygen atoms in total. The number of nitrogens with zero attached hydrogens (tertiary/aromatic N) is 1. The number of rotatable bonds is 1. The van der Waals surface area contributed by atoms with E-state index in [1.54, 1.807) is 12.3 Å². The van der Waals surface area contributed by atoms with E-state index < -0.39 is 11.9 Å². The average Bonchev–Trinajstić information content (AvgIpc) is 2.75. The number of thiazole rings is 1. The number of hydrogen-bond acceptors (Lipinski definition) is 4. The molecule has 1 aromatic carbocycles. The lowest BCUT2D eigenvalue weighted by atomic mass is 9.99. The molecule has 18 heavy (non-hydrogen) atoms. The van der Waals surface area contributed by atoms with Gasteiger partial charge in [-0.25, -0.2) is 9.37 Å². The van der Waals surface area contributed by atoms with Gasteiger partial charge in [0, 0.05) is 18.1 Å². The summed E-state index contributed by atoms with van der Waals surface area (Å²) in [4.78, 5) is 4.13. The number of aromatic nitrogens is 1. The maximum absolute atomic E-state index is 13.2. The molecule has 0 saturated carbocycles. The number of aliphatic hydroxyl groups is 1. The van der Waals surface area contributed by atoms with E-state index in [9.17, 15) is 9.50 Å². The molecule has 1 aliphatic rings. The van der Waals surface area contributed by atoms with Crippen molar-refractivity contribution in [3.05, 3.63) is 45.1 Å². The Kier molecular flexibility index (Phi) is 2.97. The Morgan fingerprint density at radius 2 is 2.33 bits per heavy atom. The summed E-state index contributed by atoms with van der Waals surface area (Å²) in [5, 5.41) is 10.7. The van der Waals surface area contributed by atoms with E-state index >= 15 is 0 Å². The van der Waals surface area contributed by atoms with Crippen LogP contribution in [-0.4, -0.2) is 10.1 Å². The summed E-state index contributed by atoms with van der Waals surface area (Å²) in [6.45, 7) is 0. The van der Waals surface area contributed by atoms with Gasteiger partial charge < -0.3 is 9.84 Å². The van der Waals surface area contributed by atoms with Crippen molar-refractivity contribution in [3.8, 4) is 5.75 Å². The zero-order chi connectivity index (χ0) is 12.7. The molecule has 1 unspecified atom stereocenters. The van der Waals surface area contributed by atoms with Crippen molar-refractivity contribution in [2.24, 2.45) is 0 Å². The van der Waals surface area contributed by atoms with Crippen LogP contribution in [0.5, 0.6) is 5.75 Å². The van der Waals surface area contributed by atoms with Crippen LogP contribution < -0.4 is 4.74 Å². The number of halogens is 2. The molecule has 2 atom stereocenters. The van der Waals surface area contributed by atoms with Crippen LogP contribution in [0.1, 0.15) is 29.2 Å². The van der Waals surface area contributed by atoms with Gasteiger partial charge in [-0.15, -0.1) is 11.3 Å². The van der Waals surface area contributed by atoms with Gasteiger partial charge in [-0.2, -0.15) is 0 Å². The van der Waals surface area contributed by atoms with Gasteiger partial charge in [0.2, 0.25) is 0 Å². The predicted molar refractivity (Wildman–Crippen MR) is 66.5 cm³/mol. The number of ether oxygens (including phenoxy) is 1. The molecule has 2 heterocycles. The minimum absolute atomic E-state index is 0.366. The zero-order valence-corrected chi connectivity index (χ0v) is 10.7. The van der Waals surface area contributed by atoms with E-state index in [1.807, 2.05) is 0 Å². The molecule has 0 bridgehead atoms. The third-order valence-corrected chi connectivity index (χ3v) is 4.02. The topological polar surface area (TPSA) is 42.4 Å². The largest absolute Gasteiger partial charge is 0.483 e. The third-order valence-electron chi connectivity index (χ3n) is 2.81. The van der Waals surface area contributed by atoms with E-state index in [-0.39, 0.29) is 6.10 Å². The summed E-state index contributed by atoms with van der Waals surface area (Å²) < 4.78 is 19.4. The smallest absolute Gasteiger partial charge is 0.153 e. The molecule has 0 radical (unpaired) electrons. The van der Waals surface area contributed by atoms with Crippen LogP contribution >= 0.6 is 22.9 Å². The number of hydrogen-bond donors (Lipinski definition) is 1. The lowest BCUT2D eigenvalue weighted by molar-refractivity contribution is 0.0652. The average molecular weight is 286 g/mol. The molecule has 0 fully saturated rings. The third kappa shape index (κ3) is 2.09. The summed E-state index contributed by atoms with van der Waals surface area (Å²) in [6.07, 6.45) is 0.870. The molecular weight excluding hydrogens is 277 g/mol. The molecule has 0 aliphatic carbocycles. The van der Waals surface area contributed by atoms with Gasteiger partial charge in [-0.3, -0.25) is 0 Å². The van der Waals surface area contributed by atoms with Gasteiger partial charge in [0.05, 0.1) is 12.3 Å². The lowest BCUT2D eigenvalue weighted by Gasteiger charge is -2.28. The van der Waals surface area contributed by atoms with Gasteiger partial charge in [0.15, 0.2) is 6.10 Å². The second kappa shape index (κ2) is 4.50. The first kappa shape index (κ1) is 11.9. The number of fused-ring (bicyclic) bond motifs is 1. The fraction of sp³-hybridized carbons (Fsp3) is 0.250. The second-order valence-electron chi connectivity index (χ2n) is 4.04. The van der Waals surface area contributed by atoms with Crippen LogP contribution in [0, 0.1) is 5.82 Å². The maximum Gasteiger partial charge on any atom is 0.153 e. The van der Waals surface area contributed by atoms with Crippen molar-refractivity contribution < 1.29 is 14.2 Å². The Morgan fingerprint density at radius 3 is 3.06 bits per heavy atom. The van der Waals surface area contributed by atoms with Gasteiger partial charge in [0.25, 0.3) is 0 Å². The van der Waals surface area contributed by atoms with Crippen LogP contribution in [0.3, 0.4) is 0 Å². The summed E-state index contributed by atoms with van der Waals surface area (Å²) in [6, 6.07) is 4.13. The van der Waals surface area contributed by atoms with Crippen LogP contribution in [0.25, 0.3) is 0 Å². The normalized spacial score (nSPS) is 22.4. The van der Waals surface area contributed by atoms with E-state index in [0.717, 1.165) is 0 Å². The summed E-state index contributed by atoms with van der Waals surface area (Å²) in [5.41, 5.74) is 0.607. The van der Waals surface area contributed by atoms with E-state index in [0.29, 0.717) is 27.1 Å². The highest BCUT2D eigenvalue weighted by Gasteiger charge is 2.30. The van der Waals surface area contributed by atoms with Crippen molar-refractivity contribution in [3.63, 3.8) is 0 Å². The van der Waals surface area contributed by atoms with Gasteiger partial charge in [-0.05, 0) is 12.1 Å². The summed E-state index contributed by atoms with van der Waals surface area (Å²) in [7, 11) is 0. The molecular formula is C12H9ClFNO2S. The quantitative estimate of drug-likeness (QED) is 0.872. The van der Waals surface area contributed by atoms with E-state index in [4.69, 9.17) is 16.3 Å². The fourth-order valence-electron chi connectivity index (χ4n) is 1.98. The van der Waals surface area contributed by atoms with Gasteiger partial charge in [0.1, 0.15) is 20.9 Å². The van der Waals surface area contributed by atoms with Crippen molar-refractivity contribution in [2.75, 3.05) is 0 Å². The minimum Gasteiger partial charge on any atom is -0.483 e. The van der Waals surface area contributed by atoms with Gasteiger partial charge >= 0.3 is 0 Å². The monoisotopic (exact) mass is 285 g/mol.